The molecule has 5 nitrogen and oxygen atoms in total. The third-order valence-corrected chi connectivity index (χ3v) is 2.95. The Morgan fingerprint density at radius 1 is 1.14 bits per heavy atom. The molecule has 5 heteroatoms. The van der Waals surface area contributed by atoms with Crippen LogP contribution in [-0.2, 0) is 11.2 Å². The van der Waals surface area contributed by atoms with Crippen LogP contribution in [0.3, 0.4) is 0 Å². The average molecular weight is 285 g/mol. The number of carbonyl (C=O) groups excluding carboxylic acids is 1. The Balaban J connectivity index is 2.15. The number of benzene rings is 2. The lowest BCUT2D eigenvalue weighted by molar-refractivity contribution is -0.115. The second-order valence-electron chi connectivity index (χ2n) is 4.75. The van der Waals surface area contributed by atoms with Gasteiger partial charge in [0.1, 0.15) is 5.75 Å². The summed E-state index contributed by atoms with van der Waals surface area (Å²) >= 11 is 0. The van der Waals surface area contributed by atoms with Gasteiger partial charge in [0.2, 0.25) is 5.91 Å². The number of anilines is 1. The number of carboxylic acids is 1. The minimum atomic E-state index is -1.21. The van der Waals surface area contributed by atoms with Crippen LogP contribution in [0.2, 0.25) is 0 Å². The van der Waals surface area contributed by atoms with Gasteiger partial charge in [-0.05, 0) is 30.7 Å². The first-order valence-corrected chi connectivity index (χ1v) is 6.37. The van der Waals surface area contributed by atoms with Crippen molar-refractivity contribution in [1.82, 2.24) is 0 Å². The van der Waals surface area contributed by atoms with Gasteiger partial charge in [-0.25, -0.2) is 4.79 Å². The number of carbonyl (C=O) groups is 2. The van der Waals surface area contributed by atoms with Crippen LogP contribution in [0.1, 0.15) is 21.5 Å². The fourth-order valence-corrected chi connectivity index (χ4v) is 2.02. The zero-order valence-electron chi connectivity index (χ0n) is 11.5. The first kappa shape index (κ1) is 14.6. The van der Waals surface area contributed by atoms with Crippen LogP contribution in [0.5, 0.6) is 5.75 Å². The van der Waals surface area contributed by atoms with E-state index < -0.39 is 5.97 Å². The summed E-state index contributed by atoms with van der Waals surface area (Å²) < 4.78 is 0. The third-order valence-electron chi connectivity index (χ3n) is 2.95. The van der Waals surface area contributed by atoms with E-state index in [0.29, 0.717) is 0 Å². The fourth-order valence-electron chi connectivity index (χ4n) is 2.02. The van der Waals surface area contributed by atoms with E-state index in [-0.39, 0.29) is 29.3 Å². The van der Waals surface area contributed by atoms with Crippen molar-refractivity contribution in [1.29, 1.82) is 0 Å². The lowest BCUT2D eigenvalue weighted by atomic mass is 10.1. The van der Waals surface area contributed by atoms with E-state index in [1.54, 1.807) is 0 Å². The number of nitrogens with one attached hydrogen (secondary N) is 1. The highest BCUT2D eigenvalue weighted by molar-refractivity contribution is 6.01. The van der Waals surface area contributed by atoms with Crippen molar-refractivity contribution in [2.45, 2.75) is 13.3 Å². The molecule has 0 aromatic heterocycles. The van der Waals surface area contributed by atoms with Crippen molar-refractivity contribution in [2.24, 2.45) is 0 Å². The Labute approximate surface area is 121 Å². The molecular formula is C16H15NO4. The summed E-state index contributed by atoms with van der Waals surface area (Å²) in [5.74, 6) is -1.69. The molecule has 108 valence electrons. The van der Waals surface area contributed by atoms with Gasteiger partial charge >= 0.3 is 5.97 Å². The number of amides is 1. The minimum absolute atomic E-state index is 0.146. The molecule has 0 unspecified atom stereocenters. The quantitative estimate of drug-likeness (QED) is 0.753. The predicted molar refractivity (Wildman–Crippen MR) is 78.6 cm³/mol. The number of phenolic OH excluding ortho intramolecular Hbond substituents is 1. The number of carboxylic acid groups (broad SMARTS) is 1. The predicted octanol–water partition coefficient (Wildman–Crippen LogP) is 2.58. The summed E-state index contributed by atoms with van der Waals surface area (Å²) in [5.41, 5.74) is 1.92. The first-order chi connectivity index (χ1) is 9.95. The van der Waals surface area contributed by atoms with E-state index in [2.05, 4.69) is 5.32 Å². The smallest absolute Gasteiger partial charge is 0.337 e. The molecule has 2 aromatic carbocycles. The van der Waals surface area contributed by atoms with E-state index in [9.17, 15) is 14.7 Å². The SMILES string of the molecule is Cc1cccc(CC(=O)Nc2ccc(O)cc2C(=O)O)c1. The van der Waals surface area contributed by atoms with Crippen molar-refractivity contribution in [3.05, 3.63) is 59.2 Å². The van der Waals surface area contributed by atoms with Crippen LogP contribution in [0.25, 0.3) is 0 Å². The highest BCUT2D eigenvalue weighted by Crippen LogP contribution is 2.21. The maximum atomic E-state index is 12.0. The van der Waals surface area contributed by atoms with E-state index in [1.165, 1.54) is 12.1 Å². The number of aromatic hydroxyl groups is 1. The van der Waals surface area contributed by atoms with Gasteiger partial charge in [0, 0.05) is 0 Å². The van der Waals surface area contributed by atoms with Gasteiger partial charge < -0.3 is 15.5 Å². The molecule has 21 heavy (non-hydrogen) atoms. The van der Waals surface area contributed by atoms with Crippen LogP contribution >= 0.6 is 0 Å². The van der Waals surface area contributed by atoms with Crippen molar-refractivity contribution in [2.75, 3.05) is 5.32 Å². The van der Waals surface area contributed by atoms with Crippen molar-refractivity contribution < 1.29 is 19.8 Å². The molecule has 0 fully saturated rings. The van der Waals surface area contributed by atoms with Gasteiger partial charge in [0.25, 0.3) is 0 Å². The van der Waals surface area contributed by atoms with Gasteiger partial charge in [-0.15, -0.1) is 0 Å². The zero-order valence-corrected chi connectivity index (χ0v) is 11.5. The number of aromatic carboxylic acids is 1. The second kappa shape index (κ2) is 6.09. The van der Waals surface area contributed by atoms with E-state index >= 15 is 0 Å². The Kier molecular flexibility index (Phi) is 4.23. The zero-order chi connectivity index (χ0) is 15.4. The molecule has 0 spiro atoms. The maximum Gasteiger partial charge on any atom is 0.337 e. The summed E-state index contributed by atoms with van der Waals surface area (Å²) in [7, 11) is 0. The molecule has 0 heterocycles. The summed E-state index contributed by atoms with van der Waals surface area (Å²) in [6.45, 7) is 1.93. The molecule has 1 amide bonds. The molecule has 2 rings (SSSR count). The highest BCUT2D eigenvalue weighted by Gasteiger charge is 2.13. The lowest BCUT2D eigenvalue weighted by Crippen LogP contribution is -2.16. The molecule has 0 aliphatic carbocycles. The summed E-state index contributed by atoms with van der Waals surface area (Å²) in [6, 6.07) is 11.3. The molecule has 0 bridgehead atoms. The van der Waals surface area contributed by atoms with Crippen LogP contribution in [0.4, 0.5) is 5.69 Å². The Morgan fingerprint density at radius 2 is 1.90 bits per heavy atom. The molecule has 0 saturated carbocycles. The van der Waals surface area contributed by atoms with Crippen LogP contribution in [0.15, 0.2) is 42.5 Å². The Hall–Kier alpha value is -2.82. The molecule has 0 saturated heterocycles. The van der Waals surface area contributed by atoms with E-state index in [1.807, 2.05) is 31.2 Å². The van der Waals surface area contributed by atoms with Gasteiger partial charge in [-0.1, -0.05) is 29.8 Å². The number of hydrogen-bond acceptors (Lipinski definition) is 3. The van der Waals surface area contributed by atoms with Gasteiger partial charge in [-0.3, -0.25) is 4.79 Å². The number of aryl methyl sites for hydroxylation is 1. The highest BCUT2D eigenvalue weighted by atomic mass is 16.4. The van der Waals surface area contributed by atoms with Crippen molar-refractivity contribution >= 4 is 17.6 Å². The third kappa shape index (κ3) is 3.82. The molecule has 0 aliphatic heterocycles. The van der Waals surface area contributed by atoms with E-state index in [0.717, 1.165) is 17.2 Å². The first-order valence-electron chi connectivity index (χ1n) is 6.37. The molecule has 0 aliphatic rings. The molecular weight excluding hydrogens is 270 g/mol. The van der Waals surface area contributed by atoms with Crippen LogP contribution < -0.4 is 5.32 Å². The van der Waals surface area contributed by atoms with Gasteiger partial charge in [-0.2, -0.15) is 0 Å². The number of rotatable bonds is 4. The lowest BCUT2D eigenvalue weighted by Gasteiger charge is -2.09. The van der Waals surface area contributed by atoms with Crippen molar-refractivity contribution in [3.63, 3.8) is 0 Å². The number of phenols is 1. The molecule has 2 aromatic rings. The molecule has 3 N–H and O–H groups in total. The topological polar surface area (TPSA) is 86.6 Å². The average Bonchev–Trinajstić information content (AvgIpc) is 2.40. The minimum Gasteiger partial charge on any atom is -0.508 e. The van der Waals surface area contributed by atoms with Crippen LogP contribution in [0, 0.1) is 6.92 Å². The Morgan fingerprint density at radius 3 is 2.57 bits per heavy atom. The standard InChI is InChI=1S/C16H15NO4/c1-10-3-2-4-11(7-10)8-15(19)17-14-6-5-12(18)9-13(14)16(20)21/h2-7,9,18H,8H2,1H3,(H,17,19)(H,20,21). The normalized spacial score (nSPS) is 10.1. The van der Waals surface area contributed by atoms with E-state index in [4.69, 9.17) is 5.11 Å². The summed E-state index contributed by atoms with van der Waals surface area (Å²) in [6.07, 6.45) is 0.154. The van der Waals surface area contributed by atoms with Gasteiger partial charge in [0.15, 0.2) is 0 Å². The molecule has 0 radical (unpaired) electrons. The molecule has 0 atom stereocenters. The van der Waals surface area contributed by atoms with Crippen molar-refractivity contribution in [3.8, 4) is 5.75 Å². The van der Waals surface area contributed by atoms with Gasteiger partial charge in [0.05, 0.1) is 17.7 Å². The monoisotopic (exact) mass is 285 g/mol. The largest absolute Gasteiger partial charge is 0.508 e. The van der Waals surface area contributed by atoms with Crippen LogP contribution in [-0.4, -0.2) is 22.1 Å². The summed E-state index contributed by atoms with van der Waals surface area (Å²) in [4.78, 5) is 23.1. The fraction of sp³-hybridized carbons (Fsp3) is 0.125. The second-order valence-corrected chi connectivity index (χ2v) is 4.75. The Bertz CT molecular complexity index is 694. The maximum absolute atomic E-state index is 12.0. The summed E-state index contributed by atoms with van der Waals surface area (Å²) in [5, 5.41) is 20.9. The number of hydrogen-bond donors (Lipinski definition) is 3.